The van der Waals surface area contributed by atoms with Crippen molar-refractivity contribution in [3.63, 3.8) is 0 Å². The van der Waals surface area contributed by atoms with Crippen LogP contribution in [0.1, 0.15) is 12.8 Å². The number of aliphatic imine (C=N–C) groups is 1. The molecule has 0 aliphatic carbocycles. The van der Waals surface area contributed by atoms with Gasteiger partial charge in [0.2, 0.25) is 0 Å². The van der Waals surface area contributed by atoms with Crippen LogP contribution in [0.15, 0.2) is 34.4 Å². The summed E-state index contributed by atoms with van der Waals surface area (Å²) in [5.74, 6) is 1.71. The summed E-state index contributed by atoms with van der Waals surface area (Å²) in [7, 11) is 0. The fourth-order valence-corrected chi connectivity index (χ4v) is 3.54. The molecule has 4 rings (SSSR count). The number of rotatable bonds is 2. The highest BCUT2D eigenvalue weighted by atomic mass is 79.9. The Labute approximate surface area is 142 Å². The minimum absolute atomic E-state index is 0.203. The van der Waals surface area contributed by atoms with Crippen LogP contribution in [0.4, 0.5) is 11.6 Å². The first-order chi connectivity index (χ1) is 11.2. The Hall–Kier alpha value is -1.93. The van der Waals surface area contributed by atoms with Crippen molar-refractivity contribution in [2.24, 2.45) is 4.99 Å². The SMILES string of the molecule is OC1CCN(c2nccn3c(Br)c(N4C=CN=CC4)nc23)CC1. The minimum atomic E-state index is -0.203. The van der Waals surface area contributed by atoms with Crippen molar-refractivity contribution in [1.29, 1.82) is 0 Å². The maximum absolute atomic E-state index is 9.70. The van der Waals surface area contributed by atoms with Gasteiger partial charge in [-0.15, -0.1) is 0 Å². The number of hydrogen-bond donors (Lipinski definition) is 1. The molecule has 0 saturated carbocycles. The van der Waals surface area contributed by atoms with Gasteiger partial charge in [0.15, 0.2) is 17.3 Å². The van der Waals surface area contributed by atoms with Gasteiger partial charge >= 0.3 is 0 Å². The standard InChI is InChI=1S/C15H17BrN6O/c16-12-13(21-8-3-17-4-9-21)19-15-14(18-5-10-22(12)15)20-6-1-11(23)2-7-20/h3-5,8,10-11,23H,1-2,6-7,9H2. The molecule has 23 heavy (non-hydrogen) atoms. The van der Waals surface area contributed by atoms with E-state index in [-0.39, 0.29) is 6.10 Å². The zero-order valence-electron chi connectivity index (χ0n) is 12.5. The first-order valence-corrected chi connectivity index (χ1v) is 8.44. The van der Waals surface area contributed by atoms with E-state index in [1.807, 2.05) is 27.9 Å². The third kappa shape index (κ3) is 2.61. The van der Waals surface area contributed by atoms with Gasteiger partial charge in [0.05, 0.1) is 12.6 Å². The van der Waals surface area contributed by atoms with Crippen molar-refractivity contribution in [1.82, 2.24) is 14.4 Å². The summed E-state index contributed by atoms with van der Waals surface area (Å²) in [5, 5.41) is 9.70. The van der Waals surface area contributed by atoms with Gasteiger partial charge in [0.25, 0.3) is 0 Å². The normalized spacial score (nSPS) is 19.0. The molecule has 120 valence electrons. The molecule has 2 aliphatic heterocycles. The molecular weight excluding hydrogens is 360 g/mol. The number of halogens is 1. The van der Waals surface area contributed by atoms with E-state index in [1.165, 1.54) is 0 Å². The van der Waals surface area contributed by atoms with Crippen molar-refractivity contribution < 1.29 is 5.11 Å². The van der Waals surface area contributed by atoms with Gasteiger partial charge in [0.1, 0.15) is 4.60 Å². The molecule has 1 N–H and O–H groups in total. The van der Waals surface area contributed by atoms with Crippen LogP contribution in [0.25, 0.3) is 5.65 Å². The predicted octanol–water partition coefficient (Wildman–Crippen LogP) is 1.81. The molecule has 8 heteroatoms. The second-order valence-electron chi connectivity index (χ2n) is 5.67. The summed E-state index contributed by atoms with van der Waals surface area (Å²) in [6, 6.07) is 0. The quantitative estimate of drug-likeness (QED) is 0.865. The van der Waals surface area contributed by atoms with Gasteiger partial charge in [-0.2, -0.15) is 0 Å². The molecule has 0 aromatic carbocycles. The number of aliphatic hydroxyl groups is 1. The Bertz CT molecular complexity index is 778. The van der Waals surface area contributed by atoms with Crippen LogP contribution in [0.5, 0.6) is 0 Å². The molecule has 0 bridgehead atoms. The smallest absolute Gasteiger partial charge is 0.183 e. The molecule has 0 amide bonds. The highest BCUT2D eigenvalue weighted by Gasteiger charge is 2.23. The first-order valence-electron chi connectivity index (χ1n) is 7.64. The van der Waals surface area contributed by atoms with Crippen LogP contribution in [0, 0.1) is 0 Å². The van der Waals surface area contributed by atoms with E-state index in [0.717, 1.165) is 47.8 Å². The monoisotopic (exact) mass is 376 g/mol. The number of aliphatic hydroxyl groups excluding tert-OH is 1. The fraction of sp³-hybridized carbons (Fsp3) is 0.400. The molecule has 7 nitrogen and oxygen atoms in total. The molecule has 2 aromatic heterocycles. The lowest BCUT2D eigenvalue weighted by Crippen LogP contribution is -2.36. The van der Waals surface area contributed by atoms with Crippen molar-refractivity contribution in [2.45, 2.75) is 18.9 Å². The third-order valence-corrected chi connectivity index (χ3v) is 4.94. The summed E-state index contributed by atoms with van der Waals surface area (Å²) >= 11 is 3.65. The van der Waals surface area contributed by atoms with Crippen molar-refractivity contribution >= 4 is 39.4 Å². The summed E-state index contributed by atoms with van der Waals surface area (Å²) in [5.41, 5.74) is 0.821. The zero-order chi connectivity index (χ0) is 15.8. The molecule has 0 spiro atoms. The van der Waals surface area contributed by atoms with E-state index < -0.39 is 0 Å². The lowest BCUT2D eigenvalue weighted by atomic mass is 10.1. The summed E-state index contributed by atoms with van der Waals surface area (Å²) in [6.07, 6.45) is 10.5. The number of fused-ring (bicyclic) bond motifs is 1. The number of anilines is 2. The second kappa shape index (κ2) is 5.93. The van der Waals surface area contributed by atoms with Gasteiger partial charge in [-0.25, -0.2) is 9.97 Å². The highest BCUT2D eigenvalue weighted by molar-refractivity contribution is 9.10. The molecule has 4 heterocycles. The molecule has 2 aliphatic rings. The average molecular weight is 377 g/mol. The third-order valence-electron chi connectivity index (χ3n) is 4.20. The summed E-state index contributed by atoms with van der Waals surface area (Å²) in [6.45, 7) is 2.28. The van der Waals surface area contributed by atoms with E-state index in [0.29, 0.717) is 6.54 Å². The predicted molar refractivity (Wildman–Crippen MR) is 93.1 cm³/mol. The van der Waals surface area contributed by atoms with E-state index in [4.69, 9.17) is 4.98 Å². The molecule has 0 radical (unpaired) electrons. The van der Waals surface area contributed by atoms with E-state index in [1.54, 1.807) is 12.4 Å². The lowest BCUT2D eigenvalue weighted by molar-refractivity contribution is 0.145. The first kappa shape index (κ1) is 14.6. The summed E-state index contributed by atoms with van der Waals surface area (Å²) in [4.78, 5) is 17.6. The lowest BCUT2D eigenvalue weighted by Gasteiger charge is -2.30. The zero-order valence-corrected chi connectivity index (χ0v) is 14.1. The Kier molecular flexibility index (Phi) is 3.78. The largest absolute Gasteiger partial charge is 0.393 e. The van der Waals surface area contributed by atoms with Crippen LogP contribution in [-0.2, 0) is 0 Å². The number of nitrogens with zero attached hydrogens (tertiary/aromatic N) is 6. The molecular formula is C15H17BrN6O. The van der Waals surface area contributed by atoms with Crippen molar-refractivity contribution in [3.8, 4) is 0 Å². The topological polar surface area (TPSA) is 69.3 Å². The maximum atomic E-state index is 9.70. The van der Waals surface area contributed by atoms with Gasteiger partial charge in [-0.1, -0.05) is 0 Å². The highest BCUT2D eigenvalue weighted by Crippen LogP contribution is 2.31. The van der Waals surface area contributed by atoms with Gasteiger partial charge < -0.3 is 14.9 Å². The van der Waals surface area contributed by atoms with Crippen LogP contribution in [0.3, 0.4) is 0 Å². The minimum Gasteiger partial charge on any atom is -0.393 e. The Morgan fingerprint density at radius 1 is 1.22 bits per heavy atom. The molecule has 1 saturated heterocycles. The van der Waals surface area contributed by atoms with Crippen LogP contribution in [-0.4, -0.2) is 51.4 Å². The summed E-state index contributed by atoms with van der Waals surface area (Å²) < 4.78 is 2.90. The van der Waals surface area contributed by atoms with Crippen LogP contribution < -0.4 is 9.80 Å². The van der Waals surface area contributed by atoms with Gasteiger partial charge in [0, 0.05) is 44.1 Å². The average Bonchev–Trinajstić information content (AvgIpc) is 2.94. The Morgan fingerprint density at radius 3 is 2.78 bits per heavy atom. The Morgan fingerprint density at radius 2 is 2.04 bits per heavy atom. The van der Waals surface area contributed by atoms with Crippen LogP contribution >= 0.6 is 15.9 Å². The number of imidazole rings is 1. The van der Waals surface area contributed by atoms with Gasteiger partial charge in [-0.05, 0) is 28.8 Å². The van der Waals surface area contributed by atoms with Gasteiger partial charge in [-0.3, -0.25) is 9.39 Å². The molecule has 0 unspecified atom stereocenters. The van der Waals surface area contributed by atoms with Crippen molar-refractivity contribution in [3.05, 3.63) is 29.4 Å². The molecule has 1 fully saturated rings. The van der Waals surface area contributed by atoms with E-state index in [9.17, 15) is 5.11 Å². The molecule has 2 aromatic rings. The Balaban J connectivity index is 1.75. The van der Waals surface area contributed by atoms with Crippen LogP contribution in [0.2, 0.25) is 0 Å². The second-order valence-corrected chi connectivity index (χ2v) is 6.42. The van der Waals surface area contributed by atoms with Crippen molar-refractivity contribution in [2.75, 3.05) is 29.4 Å². The maximum Gasteiger partial charge on any atom is 0.183 e. The number of hydrogen-bond acceptors (Lipinski definition) is 6. The molecule has 0 atom stereocenters. The number of aromatic nitrogens is 3. The number of piperidine rings is 1. The van der Waals surface area contributed by atoms with E-state index >= 15 is 0 Å². The fourth-order valence-electron chi connectivity index (χ4n) is 2.94. The van der Waals surface area contributed by atoms with E-state index in [2.05, 4.69) is 30.8 Å².